The van der Waals surface area contributed by atoms with E-state index >= 15 is 0 Å². The number of para-hydroxylation sites is 1. The fourth-order valence-corrected chi connectivity index (χ4v) is 1.78. The van der Waals surface area contributed by atoms with Crippen LogP contribution in [-0.4, -0.2) is 22.0 Å². The third-order valence-corrected chi connectivity index (χ3v) is 2.58. The molecule has 0 atom stereocenters. The Kier molecular flexibility index (Phi) is 3.31. The van der Waals surface area contributed by atoms with Gasteiger partial charge in [0.15, 0.2) is 0 Å². The normalized spacial score (nSPS) is 10.6. The van der Waals surface area contributed by atoms with Crippen LogP contribution in [0.3, 0.4) is 0 Å². The van der Waals surface area contributed by atoms with Crippen LogP contribution in [0.5, 0.6) is 0 Å². The minimum Gasteiger partial charge on any atom is -0.314 e. The molecule has 2 aromatic rings. The van der Waals surface area contributed by atoms with Crippen LogP contribution in [0.15, 0.2) is 30.5 Å². The van der Waals surface area contributed by atoms with Gasteiger partial charge < -0.3 is 5.32 Å². The zero-order valence-corrected chi connectivity index (χ0v) is 9.64. The van der Waals surface area contributed by atoms with Gasteiger partial charge in [-0.3, -0.25) is 0 Å². The smallest absolute Gasteiger partial charge is 0.0783 e. The molecule has 0 aliphatic carbocycles. The largest absolute Gasteiger partial charge is 0.314 e. The highest BCUT2D eigenvalue weighted by atomic mass is 15.4. The summed E-state index contributed by atoms with van der Waals surface area (Å²) >= 11 is 0. The summed E-state index contributed by atoms with van der Waals surface area (Å²) in [5.41, 5.74) is 3.47. The first kappa shape index (κ1) is 10.8. The first-order valence-electron chi connectivity index (χ1n) is 5.49. The van der Waals surface area contributed by atoms with E-state index in [1.54, 1.807) is 6.20 Å². The van der Waals surface area contributed by atoms with E-state index in [4.69, 9.17) is 0 Å². The van der Waals surface area contributed by atoms with Crippen molar-refractivity contribution in [2.24, 2.45) is 0 Å². The number of aromatic nitrogens is 3. The molecule has 0 saturated heterocycles. The second kappa shape index (κ2) is 4.90. The Morgan fingerprint density at radius 2 is 2.12 bits per heavy atom. The van der Waals surface area contributed by atoms with Crippen molar-refractivity contribution in [1.29, 1.82) is 0 Å². The lowest BCUT2D eigenvalue weighted by Gasteiger charge is -2.09. The summed E-state index contributed by atoms with van der Waals surface area (Å²) in [5, 5.41) is 11.2. The highest BCUT2D eigenvalue weighted by Crippen LogP contribution is 2.15. The van der Waals surface area contributed by atoms with Gasteiger partial charge >= 0.3 is 0 Å². The van der Waals surface area contributed by atoms with Gasteiger partial charge in [-0.05, 0) is 25.1 Å². The second-order valence-electron chi connectivity index (χ2n) is 3.65. The molecular weight excluding hydrogens is 200 g/mol. The van der Waals surface area contributed by atoms with E-state index < -0.39 is 0 Å². The summed E-state index contributed by atoms with van der Waals surface area (Å²) in [5.74, 6) is 0. The van der Waals surface area contributed by atoms with Crippen molar-refractivity contribution in [1.82, 2.24) is 20.3 Å². The summed E-state index contributed by atoms with van der Waals surface area (Å²) in [6.07, 6.45) is 2.79. The Morgan fingerprint density at radius 3 is 2.88 bits per heavy atom. The van der Waals surface area contributed by atoms with Gasteiger partial charge in [-0.15, -0.1) is 5.10 Å². The molecule has 1 N–H and O–H groups in total. The van der Waals surface area contributed by atoms with Gasteiger partial charge in [0.25, 0.3) is 0 Å². The topological polar surface area (TPSA) is 42.7 Å². The average Bonchev–Trinajstić information content (AvgIpc) is 2.77. The number of nitrogens with one attached hydrogen (secondary N) is 1. The Hall–Kier alpha value is -1.68. The zero-order valence-electron chi connectivity index (χ0n) is 9.64. The molecule has 4 nitrogen and oxygen atoms in total. The van der Waals surface area contributed by atoms with Gasteiger partial charge in [-0.25, -0.2) is 4.68 Å². The maximum Gasteiger partial charge on any atom is 0.0783 e. The van der Waals surface area contributed by atoms with Gasteiger partial charge in [0.05, 0.1) is 17.6 Å². The van der Waals surface area contributed by atoms with Gasteiger partial charge in [0.1, 0.15) is 0 Å². The van der Waals surface area contributed by atoms with Crippen molar-refractivity contribution in [3.8, 4) is 5.69 Å². The first-order chi connectivity index (χ1) is 7.86. The Labute approximate surface area is 95.3 Å². The first-order valence-corrected chi connectivity index (χ1v) is 5.49. The van der Waals surface area contributed by atoms with Crippen molar-refractivity contribution in [3.63, 3.8) is 0 Å². The predicted molar refractivity (Wildman–Crippen MR) is 63.5 cm³/mol. The molecule has 0 radical (unpaired) electrons. The quantitative estimate of drug-likeness (QED) is 0.843. The Balaban J connectivity index is 2.45. The van der Waals surface area contributed by atoms with Crippen LogP contribution in [-0.2, 0) is 13.0 Å². The van der Waals surface area contributed by atoms with Crippen LogP contribution in [0.25, 0.3) is 5.69 Å². The maximum absolute atomic E-state index is 4.14. The SMILES string of the molecule is CCc1ccccc1-n1nncc1CNC. The van der Waals surface area contributed by atoms with E-state index in [0.717, 1.165) is 24.3 Å². The van der Waals surface area contributed by atoms with Gasteiger partial charge in [0.2, 0.25) is 0 Å². The summed E-state index contributed by atoms with van der Waals surface area (Å²) in [4.78, 5) is 0. The van der Waals surface area contributed by atoms with Crippen molar-refractivity contribution < 1.29 is 0 Å². The lowest BCUT2D eigenvalue weighted by Crippen LogP contribution is -2.12. The maximum atomic E-state index is 4.14. The molecule has 1 heterocycles. The van der Waals surface area contributed by atoms with E-state index in [-0.39, 0.29) is 0 Å². The summed E-state index contributed by atoms with van der Waals surface area (Å²) in [6.45, 7) is 2.92. The fourth-order valence-electron chi connectivity index (χ4n) is 1.78. The third kappa shape index (κ3) is 1.97. The molecule has 1 aromatic heterocycles. The zero-order chi connectivity index (χ0) is 11.4. The van der Waals surface area contributed by atoms with Crippen LogP contribution in [0.4, 0.5) is 0 Å². The predicted octanol–water partition coefficient (Wildman–Crippen LogP) is 1.55. The van der Waals surface area contributed by atoms with Gasteiger partial charge in [-0.1, -0.05) is 30.3 Å². The lowest BCUT2D eigenvalue weighted by molar-refractivity contribution is 0.709. The molecule has 16 heavy (non-hydrogen) atoms. The molecule has 0 fully saturated rings. The Bertz CT molecular complexity index is 462. The van der Waals surface area contributed by atoms with Crippen LogP contribution in [0, 0.1) is 0 Å². The Morgan fingerprint density at radius 1 is 1.31 bits per heavy atom. The van der Waals surface area contributed by atoms with Crippen molar-refractivity contribution in [2.45, 2.75) is 19.9 Å². The number of nitrogens with zero attached hydrogens (tertiary/aromatic N) is 3. The van der Waals surface area contributed by atoms with Crippen molar-refractivity contribution >= 4 is 0 Å². The summed E-state index contributed by atoms with van der Waals surface area (Å²) < 4.78 is 1.90. The summed E-state index contributed by atoms with van der Waals surface area (Å²) in [7, 11) is 1.92. The minimum absolute atomic E-state index is 0.769. The molecule has 0 aliphatic heterocycles. The fraction of sp³-hybridized carbons (Fsp3) is 0.333. The van der Waals surface area contributed by atoms with Gasteiger partial charge in [0, 0.05) is 6.54 Å². The molecule has 0 saturated carbocycles. The highest BCUT2D eigenvalue weighted by Gasteiger charge is 2.08. The molecule has 0 aliphatic rings. The molecule has 0 spiro atoms. The molecule has 1 aromatic carbocycles. The van der Waals surface area contributed by atoms with Crippen LogP contribution in [0.1, 0.15) is 18.2 Å². The van der Waals surface area contributed by atoms with E-state index in [0.29, 0.717) is 0 Å². The van der Waals surface area contributed by atoms with Crippen LogP contribution < -0.4 is 5.32 Å². The van der Waals surface area contributed by atoms with Crippen molar-refractivity contribution in [2.75, 3.05) is 7.05 Å². The molecule has 0 unspecified atom stereocenters. The highest BCUT2D eigenvalue weighted by molar-refractivity contribution is 5.41. The monoisotopic (exact) mass is 216 g/mol. The minimum atomic E-state index is 0.769. The molecular formula is C12H16N4. The molecule has 84 valence electrons. The van der Waals surface area contributed by atoms with E-state index in [2.05, 4.69) is 40.8 Å². The van der Waals surface area contributed by atoms with Gasteiger partial charge in [-0.2, -0.15) is 0 Å². The van der Waals surface area contributed by atoms with Crippen LogP contribution >= 0.6 is 0 Å². The number of aryl methyl sites for hydroxylation is 1. The number of rotatable bonds is 4. The third-order valence-electron chi connectivity index (χ3n) is 2.58. The lowest BCUT2D eigenvalue weighted by atomic mass is 10.1. The second-order valence-corrected chi connectivity index (χ2v) is 3.65. The molecule has 0 amide bonds. The number of benzene rings is 1. The molecule has 4 heteroatoms. The molecule has 2 rings (SSSR count). The van der Waals surface area contributed by atoms with E-state index in [1.807, 2.05) is 17.8 Å². The molecule has 0 bridgehead atoms. The van der Waals surface area contributed by atoms with E-state index in [1.165, 1.54) is 5.56 Å². The number of hydrogen-bond acceptors (Lipinski definition) is 3. The standard InChI is InChI=1S/C12H16N4/c1-3-10-6-4-5-7-12(10)16-11(8-13-2)9-14-15-16/h4-7,9,13H,3,8H2,1-2H3. The van der Waals surface area contributed by atoms with Crippen molar-refractivity contribution in [3.05, 3.63) is 41.7 Å². The summed E-state index contributed by atoms with van der Waals surface area (Å²) in [6, 6.07) is 8.28. The number of hydrogen-bond donors (Lipinski definition) is 1. The van der Waals surface area contributed by atoms with Crippen LogP contribution in [0.2, 0.25) is 0 Å². The van der Waals surface area contributed by atoms with E-state index in [9.17, 15) is 0 Å². The average molecular weight is 216 g/mol.